The van der Waals surface area contributed by atoms with E-state index in [0.29, 0.717) is 22.2 Å². The summed E-state index contributed by atoms with van der Waals surface area (Å²) in [6.07, 6.45) is 0. The predicted octanol–water partition coefficient (Wildman–Crippen LogP) is 2.75. The Morgan fingerprint density at radius 3 is 2.65 bits per heavy atom. The quantitative estimate of drug-likeness (QED) is 0.897. The highest BCUT2D eigenvalue weighted by molar-refractivity contribution is 6.35. The molecule has 0 aliphatic rings. The second kappa shape index (κ2) is 7.77. The minimum atomic E-state index is -0.213. The first kappa shape index (κ1) is 16.5. The van der Waals surface area contributed by atoms with Crippen molar-refractivity contribution in [2.24, 2.45) is 0 Å². The molecule has 0 heterocycles. The van der Waals surface area contributed by atoms with Crippen LogP contribution in [0.5, 0.6) is 0 Å². The summed E-state index contributed by atoms with van der Waals surface area (Å²) in [5, 5.41) is 6.70. The number of hydrogen-bond acceptors (Lipinski definition) is 2. The minimum absolute atomic E-state index is 0. The van der Waals surface area contributed by atoms with Crippen molar-refractivity contribution in [3.8, 4) is 0 Å². The van der Waals surface area contributed by atoms with Crippen LogP contribution in [0, 0.1) is 0 Å². The lowest BCUT2D eigenvalue weighted by molar-refractivity contribution is 0.0950. The van der Waals surface area contributed by atoms with Crippen molar-refractivity contribution in [1.29, 1.82) is 0 Å². The van der Waals surface area contributed by atoms with Crippen molar-refractivity contribution < 1.29 is 4.79 Å². The molecule has 0 aliphatic heterocycles. The molecule has 1 aromatic rings. The van der Waals surface area contributed by atoms with Gasteiger partial charge in [-0.2, -0.15) is 0 Å². The van der Waals surface area contributed by atoms with Crippen LogP contribution >= 0.6 is 35.6 Å². The molecule has 1 unspecified atom stereocenters. The summed E-state index contributed by atoms with van der Waals surface area (Å²) in [7, 11) is 1.84. The Morgan fingerprint density at radius 1 is 1.41 bits per heavy atom. The average Bonchev–Trinajstić information content (AvgIpc) is 2.28. The van der Waals surface area contributed by atoms with Gasteiger partial charge in [0.05, 0.1) is 10.6 Å². The molecule has 0 spiro atoms. The number of amides is 1. The molecule has 0 radical (unpaired) electrons. The summed E-state index contributed by atoms with van der Waals surface area (Å²) < 4.78 is 0. The summed E-state index contributed by atoms with van der Waals surface area (Å²) in [4.78, 5) is 11.8. The predicted molar refractivity (Wildman–Crippen MR) is 74.6 cm³/mol. The molecule has 0 aliphatic carbocycles. The van der Waals surface area contributed by atoms with E-state index in [-0.39, 0.29) is 24.4 Å². The maximum atomic E-state index is 11.8. The van der Waals surface area contributed by atoms with Crippen LogP contribution in [0.4, 0.5) is 0 Å². The van der Waals surface area contributed by atoms with Crippen LogP contribution in [0.2, 0.25) is 10.0 Å². The Balaban J connectivity index is 0.00000256. The molecule has 1 aromatic carbocycles. The molecule has 1 amide bonds. The molecule has 1 atom stereocenters. The fourth-order valence-electron chi connectivity index (χ4n) is 1.11. The summed E-state index contributed by atoms with van der Waals surface area (Å²) in [6, 6.07) is 5.03. The Hall–Kier alpha value is -0.480. The van der Waals surface area contributed by atoms with Crippen LogP contribution in [0.15, 0.2) is 18.2 Å². The first-order valence-electron chi connectivity index (χ1n) is 4.95. The van der Waals surface area contributed by atoms with Gasteiger partial charge in [-0.25, -0.2) is 0 Å². The van der Waals surface area contributed by atoms with Gasteiger partial charge in [-0.1, -0.05) is 23.2 Å². The number of hydrogen-bond donors (Lipinski definition) is 2. The monoisotopic (exact) mass is 296 g/mol. The molecule has 0 saturated carbocycles. The summed E-state index contributed by atoms with van der Waals surface area (Å²) in [5.74, 6) is -0.213. The molecule has 96 valence electrons. The zero-order valence-electron chi connectivity index (χ0n) is 9.59. The highest BCUT2D eigenvalue weighted by Crippen LogP contribution is 2.20. The summed E-state index contributed by atoms with van der Waals surface area (Å²) >= 11 is 11.7. The fourth-order valence-corrected chi connectivity index (χ4v) is 1.49. The topological polar surface area (TPSA) is 41.1 Å². The van der Waals surface area contributed by atoms with Crippen molar-refractivity contribution >= 4 is 41.5 Å². The number of halogens is 3. The molecule has 17 heavy (non-hydrogen) atoms. The van der Waals surface area contributed by atoms with E-state index in [9.17, 15) is 4.79 Å². The van der Waals surface area contributed by atoms with Crippen molar-refractivity contribution in [2.75, 3.05) is 13.6 Å². The van der Waals surface area contributed by atoms with Gasteiger partial charge in [-0.15, -0.1) is 12.4 Å². The molecular formula is C11H15Cl3N2O. The van der Waals surface area contributed by atoms with E-state index in [0.717, 1.165) is 0 Å². The Bertz CT molecular complexity index is 385. The van der Waals surface area contributed by atoms with Crippen molar-refractivity contribution in [3.05, 3.63) is 33.8 Å². The third-order valence-electron chi connectivity index (χ3n) is 2.23. The second-order valence-electron chi connectivity index (χ2n) is 3.52. The van der Waals surface area contributed by atoms with Crippen molar-refractivity contribution in [1.82, 2.24) is 10.6 Å². The minimum Gasteiger partial charge on any atom is -0.350 e. The third kappa shape index (κ3) is 5.13. The maximum absolute atomic E-state index is 11.8. The van der Waals surface area contributed by atoms with E-state index >= 15 is 0 Å². The Labute approximate surface area is 117 Å². The van der Waals surface area contributed by atoms with Gasteiger partial charge < -0.3 is 10.6 Å². The van der Waals surface area contributed by atoms with E-state index in [4.69, 9.17) is 23.2 Å². The number of likely N-dealkylation sites (N-methyl/N-ethyl adjacent to an activating group) is 1. The van der Waals surface area contributed by atoms with Crippen LogP contribution < -0.4 is 10.6 Å². The van der Waals surface area contributed by atoms with Crippen molar-refractivity contribution in [3.63, 3.8) is 0 Å². The molecule has 0 saturated heterocycles. The van der Waals surface area contributed by atoms with Gasteiger partial charge in [-0.05, 0) is 32.2 Å². The van der Waals surface area contributed by atoms with Crippen molar-refractivity contribution in [2.45, 2.75) is 13.0 Å². The zero-order chi connectivity index (χ0) is 12.1. The Kier molecular flexibility index (Phi) is 7.55. The molecular weight excluding hydrogens is 282 g/mol. The highest BCUT2D eigenvalue weighted by Gasteiger charge is 2.11. The van der Waals surface area contributed by atoms with E-state index in [2.05, 4.69) is 10.6 Å². The van der Waals surface area contributed by atoms with Gasteiger partial charge >= 0.3 is 0 Å². The van der Waals surface area contributed by atoms with E-state index < -0.39 is 0 Å². The normalized spacial score (nSPS) is 11.5. The van der Waals surface area contributed by atoms with Gasteiger partial charge in [0.2, 0.25) is 0 Å². The molecule has 1 rings (SSSR count). The summed E-state index contributed by atoms with van der Waals surface area (Å²) in [5.41, 5.74) is 0.400. The number of rotatable bonds is 4. The van der Waals surface area contributed by atoms with Crippen LogP contribution in [0.25, 0.3) is 0 Å². The molecule has 2 N–H and O–H groups in total. The first-order valence-corrected chi connectivity index (χ1v) is 5.70. The van der Waals surface area contributed by atoms with E-state index in [1.54, 1.807) is 18.2 Å². The SMILES string of the molecule is CNC(C)CNC(=O)c1cc(Cl)ccc1Cl.Cl. The smallest absolute Gasteiger partial charge is 0.252 e. The van der Waals surface area contributed by atoms with Gasteiger partial charge in [0.15, 0.2) is 0 Å². The fraction of sp³-hybridized carbons (Fsp3) is 0.364. The molecule has 0 bridgehead atoms. The first-order chi connectivity index (χ1) is 7.54. The van der Waals surface area contributed by atoms with E-state index in [1.165, 1.54) is 0 Å². The van der Waals surface area contributed by atoms with Gasteiger partial charge in [-0.3, -0.25) is 4.79 Å². The average molecular weight is 298 g/mol. The molecule has 0 aromatic heterocycles. The van der Waals surface area contributed by atoms with Crippen LogP contribution in [-0.2, 0) is 0 Å². The number of carbonyl (C=O) groups is 1. The Morgan fingerprint density at radius 2 is 2.06 bits per heavy atom. The van der Waals surface area contributed by atoms with Gasteiger partial charge in [0, 0.05) is 17.6 Å². The zero-order valence-corrected chi connectivity index (χ0v) is 11.9. The largest absolute Gasteiger partial charge is 0.350 e. The number of nitrogens with one attached hydrogen (secondary N) is 2. The number of benzene rings is 1. The van der Waals surface area contributed by atoms with Gasteiger partial charge in [0.25, 0.3) is 5.91 Å². The third-order valence-corrected chi connectivity index (χ3v) is 2.80. The lowest BCUT2D eigenvalue weighted by Crippen LogP contribution is -2.37. The van der Waals surface area contributed by atoms with Crippen LogP contribution in [0.3, 0.4) is 0 Å². The maximum Gasteiger partial charge on any atom is 0.252 e. The highest BCUT2D eigenvalue weighted by atomic mass is 35.5. The lowest BCUT2D eigenvalue weighted by Gasteiger charge is -2.12. The lowest BCUT2D eigenvalue weighted by atomic mass is 10.2. The summed E-state index contributed by atoms with van der Waals surface area (Å²) in [6.45, 7) is 2.51. The second-order valence-corrected chi connectivity index (χ2v) is 4.37. The molecule has 0 fully saturated rings. The van der Waals surface area contributed by atoms with E-state index in [1.807, 2.05) is 14.0 Å². The standard InChI is InChI=1S/C11H14Cl2N2O.ClH/c1-7(14-2)6-15-11(16)9-5-8(12)3-4-10(9)13;/h3-5,7,14H,6H2,1-2H3,(H,15,16);1H. The molecule has 6 heteroatoms. The van der Waals surface area contributed by atoms with Gasteiger partial charge in [0.1, 0.15) is 0 Å². The van der Waals surface area contributed by atoms with Crippen LogP contribution in [-0.4, -0.2) is 25.5 Å². The number of carbonyl (C=O) groups excluding carboxylic acids is 1. The molecule has 3 nitrogen and oxygen atoms in total. The van der Waals surface area contributed by atoms with Crippen LogP contribution in [0.1, 0.15) is 17.3 Å².